The van der Waals surface area contributed by atoms with Gasteiger partial charge in [0.1, 0.15) is 11.3 Å². The zero-order chi connectivity index (χ0) is 16.0. The molecule has 0 aliphatic carbocycles. The van der Waals surface area contributed by atoms with E-state index in [1.807, 2.05) is 6.92 Å². The number of nitrogens with zero attached hydrogens (tertiary/aromatic N) is 1. The average Bonchev–Trinajstić information content (AvgIpc) is 2.43. The Bertz CT molecular complexity index is 559. The van der Waals surface area contributed by atoms with Crippen LogP contribution in [-0.2, 0) is 4.79 Å². The summed E-state index contributed by atoms with van der Waals surface area (Å²) in [5, 5.41) is 23.0. The number of urea groups is 1. The number of anilines is 1. The standard InChI is InChI=1S/C13H17N3O5/c1-3-16(2)11(18)7-14-13(21)15-8-4-5-9(12(19)20)10(17)6-8/h4-6,17H,3,7H2,1-2H3,(H,19,20)(H2,14,15,21). The first-order valence-corrected chi connectivity index (χ1v) is 6.20. The summed E-state index contributed by atoms with van der Waals surface area (Å²) in [6.45, 7) is 2.19. The third kappa shape index (κ3) is 4.68. The molecule has 114 valence electrons. The molecule has 1 aromatic rings. The van der Waals surface area contributed by atoms with Gasteiger partial charge in [0, 0.05) is 25.3 Å². The van der Waals surface area contributed by atoms with Crippen LogP contribution >= 0.6 is 0 Å². The van der Waals surface area contributed by atoms with E-state index in [0.717, 1.165) is 6.07 Å². The quantitative estimate of drug-likeness (QED) is 0.637. The van der Waals surface area contributed by atoms with E-state index in [1.54, 1.807) is 7.05 Å². The molecule has 4 N–H and O–H groups in total. The van der Waals surface area contributed by atoms with Crippen molar-refractivity contribution in [2.24, 2.45) is 0 Å². The molecule has 1 aromatic carbocycles. The first-order valence-electron chi connectivity index (χ1n) is 6.20. The minimum Gasteiger partial charge on any atom is -0.507 e. The van der Waals surface area contributed by atoms with Crippen molar-refractivity contribution in [3.63, 3.8) is 0 Å². The van der Waals surface area contributed by atoms with E-state index in [1.165, 1.54) is 17.0 Å². The van der Waals surface area contributed by atoms with Gasteiger partial charge in [0.15, 0.2) is 0 Å². The second-order valence-electron chi connectivity index (χ2n) is 4.25. The van der Waals surface area contributed by atoms with Gasteiger partial charge in [0.2, 0.25) is 5.91 Å². The number of phenols is 1. The summed E-state index contributed by atoms with van der Waals surface area (Å²) in [5.41, 5.74) is -0.0491. The van der Waals surface area contributed by atoms with E-state index in [4.69, 9.17) is 5.11 Å². The molecule has 0 radical (unpaired) electrons. The molecule has 0 saturated heterocycles. The second kappa shape index (κ2) is 7.13. The molecule has 0 spiro atoms. The number of aromatic hydroxyl groups is 1. The van der Waals surface area contributed by atoms with E-state index in [9.17, 15) is 19.5 Å². The van der Waals surface area contributed by atoms with Crippen molar-refractivity contribution >= 4 is 23.6 Å². The molecule has 0 heterocycles. The molecule has 0 atom stereocenters. The van der Waals surface area contributed by atoms with Crippen molar-refractivity contribution in [1.82, 2.24) is 10.2 Å². The van der Waals surface area contributed by atoms with Gasteiger partial charge < -0.3 is 25.7 Å². The van der Waals surface area contributed by atoms with Gasteiger partial charge in [-0.3, -0.25) is 4.79 Å². The van der Waals surface area contributed by atoms with Gasteiger partial charge in [-0.2, -0.15) is 0 Å². The summed E-state index contributed by atoms with van der Waals surface area (Å²) >= 11 is 0. The van der Waals surface area contributed by atoms with Crippen molar-refractivity contribution in [2.45, 2.75) is 6.92 Å². The van der Waals surface area contributed by atoms with Gasteiger partial charge >= 0.3 is 12.0 Å². The number of aromatic carboxylic acids is 1. The third-order valence-electron chi connectivity index (χ3n) is 2.79. The Morgan fingerprint density at radius 1 is 1.29 bits per heavy atom. The highest BCUT2D eigenvalue weighted by Gasteiger charge is 2.12. The smallest absolute Gasteiger partial charge is 0.339 e. The number of hydrogen-bond donors (Lipinski definition) is 4. The Morgan fingerprint density at radius 2 is 1.95 bits per heavy atom. The summed E-state index contributed by atoms with van der Waals surface area (Å²) in [6.07, 6.45) is 0. The Labute approximate surface area is 121 Å². The number of amides is 3. The molecule has 3 amide bonds. The molecule has 0 bridgehead atoms. The molecule has 1 rings (SSSR count). The molecular formula is C13H17N3O5. The fourth-order valence-electron chi connectivity index (χ4n) is 1.43. The van der Waals surface area contributed by atoms with Gasteiger partial charge in [0.25, 0.3) is 0 Å². The van der Waals surface area contributed by atoms with E-state index in [-0.39, 0.29) is 23.7 Å². The highest BCUT2D eigenvalue weighted by molar-refractivity contribution is 5.95. The van der Waals surface area contributed by atoms with Crippen LogP contribution in [0.4, 0.5) is 10.5 Å². The van der Waals surface area contributed by atoms with Crippen molar-refractivity contribution in [1.29, 1.82) is 0 Å². The van der Waals surface area contributed by atoms with Crippen LogP contribution in [0.25, 0.3) is 0 Å². The number of likely N-dealkylation sites (N-methyl/N-ethyl adjacent to an activating group) is 1. The highest BCUT2D eigenvalue weighted by atomic mass is 16.4. The van der Waals surface area contributed by atoms with Gasteiger partial charge in [0.05, 0.1) is 6.54 Å². The number of hydrogen-bond acceptors (Lipinski definition) is 4. The normalized spacial score (nSPS) is 9.81. The Kier molecular flexibility index (Phi) is 5.53. The molecule has 0 saturated carbocycles. The lowest BCUT2D eigenvalue weighted by Gasteiger charge is -2.15. The topological polar surface area (TPSA) is 119 Å². The predicted octanol–water partition coefficient (Wildman–Crippen LogP) is 0.690. The molecular weight excluding hydrogens is 278 g/mol. The first-order chi connectivity index (χ1) is 9.85. The summed E-state index contributed by atoms with van der Waals surface area (Å²) < 4.78 is 0. The van der Waals surface area contributed by atoms with E-state index < -0.39 is 17.7 Å². The van der Waals surface area contributed by atoms with Crippen LogP contribution in [0.15, 0.2) is 18.2 Å². The van der Waals surface area contributed by atoms with Crippen LogP contribution in [0, 0.1) is 0 Å². The van der Waals surface area contributed by atoms with Gasteiger partial charge in [-0.15, -0.1) is 0 Å². The third-order valence-corrected chi connectivity index (χ3v) is 2.79. The van der Waals surface area contributed by atoms with Crippen LogP contribution < -0.4 is 10.6 Å². The van der Waals surface area contributed by atoms with Crippen LogP contribution in [0.5, 0.6) is 5.75 Å². The van der Waals surface area contributed by atoms with Crippen molar-refractivity contribution < 1.29 is 24.6 Å². The van der Waals surface area contributed by atoms with Crippen LogP contribution in [-0.4, -0.2) is 53.2 Å². The number of carbonyl (C=O) groups is 3. The summed E-state index contributed by atoms with van der Waals surface area (Å²) in [7, 11) is 1.62. The maximum Gasteiger partial charge on any atom is 0.339 e. The van der Waals surface area contributed by atoms with Gasteiger partial charge in [-0.25, -0.2) is 9.59 Å². The molecule has 21 heavy (non-hydrogen) atoms. The fraction of sp³-hybridized carbons (Fsp3) is 0.308. The number of nitrogens with one attached hydrogen (secondary N) is 2. The second-order valence-corrected chi connectivity index (χ2v) is 4.25. The lowest BCUT2D eigenvalue weighted by molar-refractivity contribution is -0.128. The maximum absolute atomic E-state index is 11.6. The van der Waals surface area contributed by atoms with E-state index in [0.29, 0.717) is 6.54 Å². The number of carboxylic acid groups (broad SMARTS) is 1. The number of carbonyl (C=O) groups excluding carboxylic acids is 2. The van der Waals surface area contributed by atoms with Crippen LogP contribution in [0.3, 0.4) is 0 Å². The Morgan fingerprint density at radius 3 is 2.48 bits per heavy atom. The SMILES string of the molecule is CCN(C)C(=O)CNC(=O)Nc1ccc(C(=O)O)c(O)c1. The summed E-state index contributed by atoms with van der Waals surface area (Å²) in [6, 6.07) is 2.99. The van der Waals surface area contributed by atoms with Crippen LogP contribution in [0.2, 0.25) is 0 Å². The Balaban J connectivity index is 2.58. The summed E-state index contributed by atoms with van der Waals surface area (Å²) in [4.78, 5) is 35.2. The van der Waals surface area contributed by atoms with Crippen molar-refractivity contribution in [3.05, 3.63) is 23.8 Å². The average molecular weight is 295 g/mol. The van der Waals surface area contributed by atoms with Crippen molar-refractivity contribution in [2.75, 3.05) is 25.5 Å². The lowest BCUT2D eigenvalue weighted by Crippen LogP contribution is -2.39. The molecule has 0 unspecified atom stereocenters. The highest BCUT2D eigenvalue weighted by Crippen LogP contribution is 2.21. The number of rotatable bonds is 5. The zero-order valence-corrected chi connectivity index (χ0v) is 11.7. The first kappa shape index (κ1) is 16.3. The maximum atomic E-state index is 11.6. The molecule has 0 aliphatic heterocycles. The molecule has 8 heteroatoms. The van der Waals surface area contributed by atoms with Crippen molar-refractivity contribution in [3.8, 4) is 5.75 Å². The minimum atomic E-state index is -1.27. The molecule has 0 aromatic heterocycles. The zero-order valence-electron chi connectivity index (χ0n) is 11.7. The molecule has 0 fully saturated rings. The molecule has 0 aliphatic rings. The van der Waals surface area contributed by atoms with E-state index >= 15 is 0 Å². The van der Waals surface area contributed by atoms with Gasteiger partial charge in [-0.1, -0.05) is 0 Å². The van der Waals surface area contributed by atoms with E-state index in [2.05, 4.69) is 10.6 Å². The number of carboxylic acids is 1. The monoisotopic (exact) mass is 295 g/mol. The van der Waals surface area contributed by atoms with Crippen LogP contribution in [0.1, 0.15) is 17.3 Å². The minimum absolute atomic E-state index is 0.157. The summed E-state index contributed by atoms with van der Waals surface area (Å²) in [5.74, 6) is -1.96. The lowest BCUT2D eigenvalue weighted by atomic mass is 10.2. The van der Waals surface area contributed by atoms with Gasteiger partial charge in [-0.05, 0) is 19.1 Å². The number of benzene rings is 1. The molecule has 8 nitrogen and oxygen atoms in total. The fourth-order valence-corrected chi connectivity index (χ4v) is 1.43. The largest absolute Gasteiger partial charge is 0.507 e. The predicted molar refractivity (Wildman–Crippen MR) is 75.4 cm³/mol. The Hall–Kier alpha value is -2.77.